The maximum Gasteiger partial charge on any atom is 0.421 e. The minimum Gasteiger partial charge on any atom is -0.266 e. The Morgan fingerprint density at radius 2 is 2.07 bits per heavy atom. The number of aromatic nitrogens is 2. The van der Waals surface area contributed by atoms with Crippen LogP contribution in [0.3, 0.4) is 0 Å². The fraction of sp³-hybridized carbons (Fsp3) is 0.200. The molecule has 0 aliphatic carbocycles. The van der Waals surface area contributed by atoms with E-state index in [1.807, 2.05) is 0 Å². The molecule has 0 saturated heterocycles. The lowest BCUT2D eigenvalue weighted by atomic mass is 10.3. The molecule has 0 amide bonds. The Morgan fingerprint density at radius 1 is 1.50 bits per heavy atom. The van der Waals surface area contributed by atoms with E-state index in [0.29, 0.717) is 6.07 Å². The Bertz CT molecular complexity index is 404. The van der Waals surface area contributed by atoms with Gasteiger partial charge >= 0.3 is 6.18 Å². The molecule has 0 bridgehead atoms. The Hall–Kier alpha value is -0.760. The summed E-state index contributed by atoms with van der Waals surface area (Å²) < 4.78 is 48.2. The molecule has 0 radical (unpaired) electrons. The molecule has 1 aromatic heterocycles. The van der Waals surface area contributed by atoms with Gasteiger partial charge in [-0.15, -0.1) is 13.1 Å². The van der Waals surface area contributed by atoms with Crippen LogP contribution in [0, 0.1) is 0 Å². The molecule has 14 heavy (non-hydrogen) atoms. The topological polar surface area (TPSA) is 34.9 Å². The van der Waals surface area contributed by atoms with Crippen LogP contribution in [0.5, 0.6) is 0 Å². The van der Waals surface area contributed by atoms with E-state index < -0.39 is 34.8 Å². The third kappa shape index (κ3) is 2.18. The van der Waals surface area contributed by atoms with E-state index in [0.717, 1.165) is 0 Å². The van der Waals surface area contributed by atoms with E-state index in [1.165, 1.54) is 0 Å². The van der Waals surface area contributed by atoms with E-state index >= 15 is 0 Å². The van der Waals surface area contributed by atoms with Gasteiger partial charge in [0, 0.05) is 0 Å². The molecule has 0 aliphatic heterocycles. The first kappa shape index (κ1) is 11.3. The van der Waals surface area contributed by atoms with Crippen molar-refractivity contribution in [1.82, 2.24) is 9.19 Å². The van der Waals surface area contributed by atoms with Crippen molar-refractivity contribution in [3.05, 3.63) is 27.1 Å². The highest BCUT2D eigenvalue weighted by Crippen LogP contribution is 2.27. The second kappa shape index (κ2) is 3.77. The summed E-state index contributed by atoms with van der Waals surface area (Å²) in [4.78, 5) is 10.9. The number of nitrogens with zero attached hydrogens (tertiary/aromatic N) is 2. The molecule has 9 heteroatoms. The number of halogens is 5. The lowest BCUT2D eigenvalue weighted by molar-refractivity contribution is -0.138. The van der Waals surface area contributed by atoms with Crippen molar-refractivity contribution in [2.24, 2.45) is 0 Å². The van der Waals surface area contributed by atoms with E-state index in [4.69, 9.17) is 11.6 Å². The quantitative estimate of drug-likeness (QED) is 0.716. The maximum atomic E-state index is 12.1. The van der Waals surface area contributed by atoms with Crippen LogP contribution in [0.1, 0.15) is 5.56 Å². The van der Waals surface area contributed by atoms with E-state index in [2.05, 4.69) is 5.10 Å². The average Bonchev–Trinajstić information content (AvgIpc) is 2.06. The van der Waals surface area contributed by atoms with Crippen LogP contribution in [0.2, 0.25) is 5.15 Å². The fourth-order valence-corrected chi connectivity index (χ4v) is 1.20. The van der Waals surface area contributed by atoms with Gasteiger partial charge in [0.25, 0.3) is 5.56 Å². The lowest BCUT2D eigenvalue weighted by Gasteiger charge is -2.06. The second-order valence-corrected chi connectivity index (χ2v) is 3.00. The largest absolute Gasteiger partial charge is 0.421 e. The van der Waals surface area contributed by atoms with Crippen LogP contribution in [0.15, 0.2) is 10.9 Å². The number of hydrogen-bond donors (Lipinski definition) is 0. The van der Waals surface area contributed by atoms with Crippen molar-refractivity contribution in [3.63, 3.8) is 0 Å². The van der Waals surface area contributed by atoms with Crippen LogP contribution in [-0.4, -0.2) is 9.19 Å². The number of hydrogen-bond acceptors (Lipinski definition) is 3. The van der Waals surface area contributed by atoms with Crippen molar-refractivity contribution in [2.75, 3.05) is 0 Å². The van der Waals surface area contributed by atoms with Gasteiger partial charge < -0.3 is 0 Å². The molecule has 78 valence electrons. The summed E-state index contributed by atoms with van der Waals surface area (Å²) in [6.45, 7) is 0. The van der Waals surface area contributed by atoms with Crippen LogP contribution in [0.4, 0.5) is 17.1 Å². The Morgan fingerprint density at radius 3 is 2.50 bits per heavy atom. The second-order valence-electron chi connectivity index (χ2n) is 2.13. The summed E-state index contributed by atoms with van der Waals surface area (Å²) in [6.07, 6.45) is -4.87. The van der Waals surface area contributed by atoms with Crippen molar-refractivity contribution in [1.29, 1.82) is 0 Å². The Kier molecular flexibility index (Phi) is 3.05. The van der Waals surface area contributed by atoms with Crippen LogP contribution in [-0.2, 0) is 6.18 Å². The smallest absolute Gasteiger partial charge is 0.266 e. The van der Waals surface area contributed by atoms with Crippen LogP contribution < -0.4 is 5.56 Å². The SMILES string of the molecule is O=c1c(C(F)(F)F)cc(Cl)nn1SF. The highest BCUT2D eigenvalue weighted by atomic mass is 35.5. The minimum absolute atomic E-state index is 0.0782. The van der Waals surface area contributed by atoms with E-state index in [1.54, 1.807) is 0 Å². The van der Waals surface area contributed by atoms with E-state index in [9.17, 15) is 21.9 Å². The fourth-order valence-electron chi connectivity index (χ4n) is 0.695. The normalized spacial score (nSPS) is 11.8. The summed E-state index contributed by atoms with van der Waals surface area (Å²) in [7, 11) is 0. The van der Waals surface area contributed by atoms with Crippen LogP contribution in [0.25, 0.3) is 0 Å². The predicted molar refractivity (Wildman–Crippen MR) is 42.6 cm³/mol. The molecule has 0 aromatic carbocycles. The molecular formula is C5HClF4N2OS. The zero-order valence-electron chi connectivity index (χ0n) is 6.18. The first-order chi connectivity index (χ1) is 6.36. The van der Waals surface area contributed by atoms with Crippen molar-refractivity contribution < 1.29 is 17.1 Å². The summed E-state index contributed by atoms with van der Waals surface area (Å²) in [5, 5.41) is 2.41. The zero-order valence-corrected chi connectivity index (χ0v) is 7.75. The minimum atomic E-state index is -4.87. The molecule has 0 fully saturated rings. The molecule has 0 unspecified atom stereocenters. The highest BCUT2D eigenvalue weighted by Gasteiger charge is 2.35. The molecule has 1 heterocycles. The first-order valence-corrected chi connectivity index (χ1v) is 4.07. The monoisotopic (exact) mass is 248 g/mol. The third-order valence-corrected chi connectivity index (χ3v) is 1.79. The van der Waals surface area contributed by atoms with Gasteiger partial charge in [0.2, 0.25) is 0 Å². The van der Waals surface area contributed by atoms with Gasteiger partial charge in [0.05, 0.1) is 0 Å². The van der Waals surface area contributed by atoms with Crippen molar-refractivity contribution in [2.45, 2.75) is 6.18 Å². The molecule has 0 aliphatic rings. The summed E-state index contributed by atoms with van der Waals surface area (Å²) in [5.74, 6) is 0. The third-order valence-electron chi connectivity index (χ3n) is 1.22. The molecule has 1 aromatic rings. The van der Waals surface area contributed by atoms with Gasteiger partial charge in [0.15, 0.2) is 17.5 Å². The molecule has 1 rings (SSSR count). The molecule has 0 saturated carbocycles. The van der Waals surface area contributed by atoms with Gasteiger partial charge in [-0.1, -0.05) is 11.6 Å². The summed E-state index contributed by atoms with van der Waals surface area (Å²) >= 11 is 4.40. The molecule has 0 atom stereocenters. The zero-order chi connectivity index (χ0) is 10.9. The van der Waals surface area contributed by atoms with Crippen molar-refractivity contribution in [3.8, 4) is 0 Å². The van der Waals surface area contributed by atoms with Crippen molar-refractivity contribution >= 4 is 23.9 Å². The van der Waals surface area contributed by atoms with Crippen LogP contribution >= 0.6 is 23.9 Å². The maximum absolute atomic E-state index is 12.1. The number of alkyl halides is 3. The standard InChI is InChI=1S/C5HClF4N2OS/c6-3-1-2(5(7,8)9)4(13)12(11-3)14-10/h1H. The van der Waals surface area contributed by atoms with Gasteiger partial charge in [-0.3, -0.25) is 4.79 Å². The first-order valence-electron chi connectivity index (χ1n) is 3.02. The van der Waals surface area contributed by atoms with Gasteiger partial charge in [-0.05, 0) is 6.07 Å². The van der Waals surface area contributed by atoms with E-state index in [-0.39, 0.29) is 4.09 Å². The summed E-state index contributed by atoms with van der Waals surface area (Å²) in [5.41, 5.74) is -3.14. The lowest BCUT2D eigenvalue weighted by Crippen LogP contribution is -2.27. The summed E-state index contributed by atoms with van der Waals surface area (Å²) in [6, 6.07) is 0.344. The van der Waals surface area contributed by atoms with Gasteiger partial charge in [-0.25, -0.2) is 0 Å². The Balaban J connectivity index is 3.45. The Labute approximate surface area is 84.1 Å². The highest BCUT2D eigenvalue weighted by molar-refractivity contribution is 7.92. The van der Waals surface area contributed by atoms with Gasteiger partial charge in [-0.2, -0.15) is 13.2 Å². The average molecular weight is 249 g/mol. The van der Waals surface area contributed by atoms with Gasteiger partial charge in [0.1, 0.15) is 5.56 Å². The predicted octanol–water partition coefficient (Wildman–Crippen LogP) is 2.30. The number of rotatable bonds is 1. The molecule has 3 nitrogen and oxygen atoms in total. The molecule has 0 N–H and O–H groups in total. The molecule has 0 spiro atoms. The molecular weight excluding hydrogens is 248 g/mol.